The Morgan fingerprint density at radius 1 is 1.00 bits per heavy atom. The first-order valence-electron chi connectivity index (χ1n) is 15.7. The average molecular weight is 538 g/mol. The number of nitrogens with one attached hydrogen (secondary N) is 4. The van der Waals surface area contributed by atoms with Gasteiger partial charge in [-0.25, -0.2) is 4.79 Å². The number of hydrogen-bond donors (Lipinski definition) is 4. The van der Waals surface area contributed by atoms with Crippen LogP contribution in [0.4, 0.5) is 4.79 Å². The SMILES string of the molecule is CCC[C@H]1CN(Cc2ccc(CNC(=N)NC(C=O)(CCC3CCCCC3)CC3CCCCC3)cc2)C(=O)N1. The molecule has 0 spiro atoms. The summed E-state index contributed by atoms with van der Waals surface area (Å²) in [7, 11) is 0. The summed E-state index contributed by atoms with van der Waals surface area (Å²) >= 11 is 0. The van der Waals surface area contributed by atoms with Crippen molar-refractivity contribution in [2.45, 2.75) is 128 Å². The first kappa shape index (κ1) is 29.4. The van der Waals surface area contributed by atoms with E-state index in [0.717, 1.165) is 62.0 Å². The Hall–Kier alpha value is -2.57. The lowest BCUT2D eigenvalue weighted by Crippen LogP contribution is -2.54. The Morgan fingerprint density at radius 2 is 1.64 bits per heavy atom. The smallest absolute Gasteiger partial charge is 0.318 e. The number of benzene rings is 1. The van der Waals surface area contributed by atoms with Crippen LogP contribution in [0.25, 0.3) is 0 Å². The van der Waals surface area contributed by atoms with E-state index in [9.17, 15) is 9.59 Å². The molecule has 216 valence electrons. The van der Waals surface area contributed by atoms with Gasteiger partial charge in [-0.3, -0.25) is 5.41 Å². The third-order valence-electron chi connectivity index (χ3n) is 9.26. The maximum Gasteiger partial charge on any atom is 0.318 e. The monoisotopic (exact) mass is 537 g/mol. The highest BCUT2D eigenvalue weighted by Gasteiger charge is 2.35. The van der Waals surface area contributed by atoms with Gasteiger partial charge in [-0.15, -0.1) is 0 Å². The van der Waals surface area contributed by atoms with E-state index in [1.54, 1.807) is 0 Å². The summed E-state index contributed by atoms with van der Waals surface area (Å²) in [5.74, 6) is 1.52. The zero-order valence-electron chi connectivity index (χ0n) is 24.1. The number of nitrogens with zero attached hydrogens (tertiary/aromatic N) is 1. The largest absolute Gasteiger partial charge is 0.352 e. The summed E-state index contributed by atoms with van der Waals surface area (Å²) < 4.78 is 0. The summed E-state index contributed by atoms with van der Waals surface area (Å²) in [5.41, 5.74) is 1.53. The lowest BCUT2D eigenvalue weighted by Gasteiger charge is -2.36. The van der Waals surface area contributed by atoms with Crippen molar-refractivity contribution in [1.29, 1.82) is 5.41 Å². The van der Waals surface area contributed by atoms with Gasteiger partial charge in [0.25, 0.3) is 0 Å². The van der Waals surface area contributed by atoms with Gasteiger partial charge in [0.2, 0.25) is 0 Å². The van der Waals surface area contributed by atoms with E-state index < -0.39 is 5.54 Å². The van der Waals surface area contributed by atoms with Crippen molar-refractivity contribution < 1.29 is 9.59 Å². The molecule has 0 aromatic heterocycles. The molecule has 2 saturated carbocycles. The summed E-state index contributed by atoms with van der Waals surface area (Å²) in [6.45, 7) is 4.04. The van der Waals surface area contributed by atoms with Crippen LogP contribution in [0.3, 0.4) is 0 Å². The van der Waals surface area contributed by atoms with Crippen LogP contribution in [0.5, 0.6) is 0 Å². The van der Waals surface area contributed by atoms with Crippen LogP contribution < -0.4 is 16.0 Å². The summed E-state index contributed by atoms with van der Waals surface area (Å²) in [6, 6.07) is 8.53. The molecule has 2 aliphatic carbocycles. The van der Waals surface area contributed by atoms with Gasteiger partial charge in [0.1, 0.15) is 6.29 Å². The van der Waals surface area contributed by atoms with Gasteiger partial charge in [-0.2, -0.15) is 0 Å². The Balaban J connectivity index is 1.29. The molecule has 7 heteroatoms. The van der Waals surface area contributed by atoms with E-state index in [1.807, 2.05) is 4.90 Å². The minimum Gasteiger partial charge on any atom is -0.352 e. The molecule has 3 aliphatic rings. The predicted octanol–water partition coefficient (Wildman–Crippen LogP) is 6.26. The number of amides is 2. The number of aldehydes is 1. The van der Waals surface area contributed by atoms with Crippen molar-refractivity contribution in [2.75, 3.05) is 6.54 Å². The fourth-order valence-corrected chi connectivity index (χ4v) is 6.97. The fraction of sp³-hybridized carbons (Fsp3) is 0.719. The van der Waals surface area contributed by atoms with Gasteiger partial charge in [-0.05, 0) is 48.6 Å². The lowest BCUT2D eigenvalue weighted by atomic mass is 9.75. The van der Waals surface area contributed by atoms with Crippen LogP contribution in [-0.4, -0.2) is 41.3 Å². The molecule has 1 heterocycles. The molecule has 1 saturated heterocycles. The van der Waals surface area contributed by atoms with E-state index >= 15 is 0 Å². The third-order valence-corrected chi connectivity index (χ3v) is 9.26. The molecule has 1 aromatic carbocycles. The van der Waals surface area contributed by atoms with Crippen LogP contribution in [0.2, 0.25) is 0 Å². The minimum atomic E-state index is -0.653. The molecule has 2 amide bonds. The van der Waals surface area contributed by atoms with Crippen LogP contribution in [0.1, 0.15) is 114 Å². The number of carbonyl (C=O) groups is 2. The molecule has 2 atom stereocenters. The molecule has 0 radical (unpaired) electrons. The van der Waals surface area contributed by atoms with Crippen LogP contribution in [-0.2, 0) is 17.9 Å². The predicted molar refractivity (Wildman–Crippen MR) is 158 cm³/mol. The third kappa shape index (κ3) is 8.97. The maximum absolute atomic E-state index is 12.6. The van der Waals surface area contributed by atoms with Crippen molar-refractivity contribution >= 4 is 18.3 Å². The van der Waals surface area contributed by atoms with Gasteiger partial charge in [0.15, 0.2) is 5.96 Å². The molecule has 0 bridgehead atoms. The van der Waals surface area contributed by atoms with Gasteiger partial charge in [-0.1, -0.05) is 102 Å². The molecule has 1 aliphatic heterocycles. The normalized spacial score (nSPS) is 22.2. The highest BCUT2D eigenvalue weighted by atomic mass is 16.2. The maximum atomic E-state index is 12.6. The Morgan fingerprint density at radius 3 is 2.28 bits per heavy atom. The Bertz CT molecular complexity index is 923. The van der Waals surface area contributed by atoms with Gasteiger partial charge in [0.05, 0.1) is 5.54 Å². The average Bonchev–Trinajstić information content (AvgIpc) is 3.30. The number of carbonyl (C=O) groups excluding carboxylic acids is 2. The molecular weight excluding hydrogens is 486 g/mol. The lowest BCUT2D eigenvalue weighted by molar-refractivity contribution is -0.114. The summed E-state index contributed by atoms with van der Waals surface area (Å²) in [6.07, 6.45) is 18.7. The topological polar surface area (TPSA) is 97.3 Å². The molecule has 3 fully saturated rings. The van der Waals surface area contributed by atoms with Crippen molar-refractivity contribution in [3.8, 4) is 0 Å². The summed E-state index contributed by atoms with van der Waals surface area (Å²) in [5, 5.41) is 18.3. The molecule has 4 rings (SSSR count). The number of urea groups is 1. The molecule has 1 aromatic rings. The second-order valence-corrected chi connectivity index (χ2v) is 12.5. The van der Waals surface area contributed by atoms with Crippen molar-refractivity contribution in [3.05, 3.63) is 35.4 Å². The zero-order chi connectivity index (χ0) is 27.5. The second kappa shape index (κ2) is 14.7. The van der Waals surface area contributed by atoms with Gasteiger partial charge in [0, 0.05) is 25.7 Å². The van der Waals surface area contributed by atoms with E-state index in [1.165, 1.54) is 64.2 Å². The van der Waals surface area contributed by atoms with Crippen molar-refractivity contribution in [2.24, 2.45) is 11.8 Å². The number of guanidine groups is 1. The van der Waals surface area contributed by atoms with E-state index in [-0.39, 0.29) is 18.0 Å². The molecule has 7 nitrogen and oxygen atoms in total. The van der Waals surface area contributed by atoms with Crippen LogP contribution in [0.15, 0.2) is 24.3 Å². The van der Waals surface area contributed by atoms with Crippen LogP contribution in [0, 0.1) is 17.2 Å². The van der Waals surface area contributed by atoms with Crippen LogP contribution >= 0.6 is 0 Å². The van der Waals surface area contributed by atoms with E-state index in [2.05, 4.69) is 47.1 Å². The second-order valence-electron chi connectivity index (χ2n) is 12.5. The zero-order valence-corrected chi connectivity index (χ0v) is 24.1. The molecule has 39 heavy (non-hydrogen) atoms. The minimum absolute atomic E-state index is 0.0223. The number of rotatable bonds is 13. The number of hydrogen-bond acceptors (Lipinski definition) is 3. The standard InChI is InChI=1S/C32H51N5O2/c1-2-9-29-23-37(31(39)35-29)22-28-16-14-27(15-17-28)21-34-30(33)36-32(24-38,20-26-12-7-4-8-13-26)19-18-25-10-5-3-6-11-25/h14-17,24-26,29H,2-13,18-23H2,1H3,(H,35,39)(H3,33,34,36)/t29-,32?/m0/s1. The molecule has 4 N–H and O–H groups in total. The highest BCUT2D eigenvalue weighted by molar-refractivity contribution is 5.82. The van der Waals surface area contributed by atoms with Crippen molar-refractivity contribution in [1.82, 2.24) is 20.9 Å². The van der Waals surface area contributed by atoms with Gasteiger partial charge < -0.3 is 25.6 Å². The molecule has 1 unspecified atom stereocenters. The Kier molecular flexibility index (Phi) is 11.1. The van der Waals surface area contributed by atoms with Crippen molar-refractivity contribution in [3.63, 3.8) is 0 Å². The quantitative estimate of drug-likeness (QED) is 0.136. The first-order valence-corrected chi connectivity index (χ1v) is 15.7. The van der Waals surface area contributed by atoms with Gasteiger partial charge >= 0.3 is 6.03 Å². The van der Waals surface area contributed by atoms with E-state index in [0.29, 0.717) is 19.0 Å². The Labute approximate surface area is 235 Å². The fourth-order valence-electron chi connectivity index (χ4n) is 6.97. The molecular formula is C32H51N5O2. The summed E-state index contributed by atoms with van der Waals surface area (Å²) in [4.78, 5) is 26.8. The van der Waals surface area contributed by atoms with E-state index in [4.69, 9.17) is 5.41 Å². The highest BCUT2D eigenvalue weighted by Crippen LogP contribution is 2.35. The first-order chi connectivity index (χ1) is 19.0.